The Labute approximate surface area is 180 Å². The summed E-state index contributed by atoms with van der Waals surface area (Å²) in [6, 6.07) is 1.97. The number of nitriles is 1. The average molecular weight is 450 g/mol. The number of ether oxygens (including phenoxy) is 1. The first-order valence-electron chi connectivity index (χ1n) is 10.1. The third-order valence-electron chi connectivity index (χ3n) is 4.70. The summed E-state index contributed by atoms with van der Waals surface area (Å²) in [6.45, 7) is 3.70. The molecule has 0 aliphatic carbocycles. The first kappa shape index (κ1) is 27.4. The lowest BCUT2D eigenvalue weighted by atomic mass is 10.1. The van der Waals surface area contributed by atoms with Crippen LogP contribution in [0, 0.1) is 11.3 Å². The molecule has 0 saturated carbocycles. The Morgan fingerprint density at radius 3 is 2.00 bits per heavy atom. The number of carbonyl (C=O) groups is 1. The molecule has 5 nitrogen and oxygen atoms in total. The molecule has 0 aliphatic rings. The van der Waals surface area contributed by atoms with Crippen LogP contribution in [0.1, 0.15) is 90.9 Å². The van der Waals surface area contributed by atoms with Gasteiger partial charge in [0, 0.05) is 12.2 Å². The van der Waals surface area contributed by atoms with Gasteiger partial charge in [0.1, 0.15) is 4.75 Å². The molecule has 3 atom stereocenters. The highest BCUT2D eigenvalue weighted by Gasteiger charge is 2.36. The minimum atomic E-state index is -1.87. The van der Waals surface area contributed by atoms with Crippen LogP contribution in [-0.4, -0.2) is 35.5 Å². The zero-order valence-electron chi connectivity index (χ0n) is 17.5. The monoisotopic (exact) mass is 449 g/mol. The van der Waals surface area contributed by atoms with Gasteiger partial charge >= 0.3 is 5.97 Å². The molecule has 28 heavy (non-hydrogen) atoms. The van der Waals surface area contributed by atoms with Gasteiger partial charge in [-0.05, 0) is 19.8 Å². The van der Waals surface area contributed by atoms with E-state index in [0.29, 0.717) is 5.75 Å². The van der Waals surface area contributed by atoms with Crippen LogP contribution in [0.5, 0.6) is 0 Å². The summed E-state index contributed by atoms with van der Waals surface area (Å²) < 4.78 is 28.1. The minimum Gasteiger partial charge on any atom is -0.469 e. The standard InChI is InChI=1S/C20H35NO4S3/c1-4-5-6-7-8-9-10-11-12-13-16-27(23)19(26)28(24)20(2,17-21)15-14-18(22)25-3/h4-16H2,1-3H3. The van der Waals surface area contributed by atoms with Gasteiger partial charge < -0.3 is 4.74 Å². The topological polar surface area (TPSA) is 84.2 Å². The molecule has 0 saturated heterocycles. The second-order valence-electron chi connectivity index (χ2n) is 7.17. The number of unbranched alkanes of at least 4 members (excludes halogenated alkanes) is 9. The van der Waals surface area contributed by atoms with Crippen molar-refractivity contribution >= 4 is 43.3 Å². The van der Waals surface area contributed by atoms with E-state index in [-0.39, 0.29) is 16.4 Å². The molecule has 0 radical (unpaired) electrons. The number of rotatable bonds is 15. The Bertz CT molecular complexity index is 574. The molecule has 0 aliphatic heterocycles. The predicted molar refractivity (Wildman–Crippen MR) is 121 cm³/mol. The van der Waals surface area contributed by atoms with Crippen molar-refractivity contribution in [1.29, 1.82) is 5.26 Å². The third-order valence-corrected chi connectivity index (χ3v) is 9.17. The Hall–Kier alpha value is -0.650. The van der Waals surface area contributed by atoms with Gasteiger partial charge in [-0.3, -0.25) is 13.2 Å². The Morgan fingerprint density at radius 1 is 1.04 bits per heavy atom. The molecule has 0 fully saturated rings. The number of nitrogens with zero attached hydrogens (tertiary/aromatic N) is 1. The molecule has 0 aromatic heterocycles. The highest BCUT2D eigenvalue weighted by atomic mass is 32.3. The Morgan fingerprint density at radius 2 is 1.54 bits per heavy atom. The lowest BCUT2D eigenvalue weighted by molar-refractivity contribution is -0.140. The fourth-order valence-corrected chi connectivity index (χ4v) is 6.36. The van der Waals surface area contributed by atoms with Crippen LogP contribution in [-0.2, 0) is 31.1 Å². The van der Waals surface area contributed by atoms with Crippen molar-refractivity contribution in [3.63, 3.8) is 0 Å². The number of thiocarbonyl (C=S) groups is 1. The summed E-state index contributed by atoms with van der Waals surface area (Å²) in [5.41, 5.74) is 0. The Balaban J connectivity index is 4.15. The van der Waals surface area contributed by atoms with Crippen molar-refractivity contribution in [3.8, 4) is 6.07 Å². The van der Waals surface area contributed by atoms with Crippen LogP contribution < -0.4 is 0 Å². The number of hydrogen-bond acceptors (Lipinski definition) is 6. The highest BCUT2D eigenvalue weighted by molar-refractivity contribution is 8.36. The Kier molecular flexibility index (Phi) is 15.8. The molecular weight excluding hydrogens is 414 g/mol. The van der Waals surface area contributed by atoms with E-state index >= 15 is 0 Å². The molecule has 0 spiro atoms. The van der Waals surface area contributed by atoms with Crippen LogP contribution in [0.15, 0.2) is 0 Å². The van der Waals surface area contributed by atoms with Crippen molar-refractivity contribution in [2.24, 2.45) is 0 Å². The van der Waals surface area contributed by atoms with Gasteiger partial charge in [-0.25, -0.2) is 0 Å². The molecule has 0 bridgehead atoms. The average Bonchev–Trinajstić information content (AvgIpc) is 2.71. The van der Waals surface area contributed by atoms with Crippen molar-refractivity contribution in [2.45, 2.75) is 95.6 Å². The van der Waals surface area contributed by atoms with Crippen LogP contribution >= 0.6 is 12.2 Å². The van der Waals surface area contributed by atoms with E-state index in [9.17, 15) is 18.5 Å². The largest absolute Gasteiger partial charge is 0.469 e. The highest BCUT2D eigenvalue weighted by Crippen LogP contribution is 2.23. The van der Waals surface area contributed by atoms with Crippen molar-refractivity contribution in [3.05, 3.63) is 0 Å². The van der Waals surface area contributed by atoms with Crippen LogP contribution in [0.3, 0.4) is 0 Å². The fourth-order valence-electron chi connectivity index (χ4n) is 2.70. The first-order valence-corrected chi connectivity index (χ1v) is 13.0. The van der Waals surface area contributed by atoms with E-state index in [1.54, 1.807) is 0 Å². The number of carbonyl (C=O) groups excluding carboxylic acids is 1. The smallest absolute Gasteiger partial charge is 0.305 e. The summed E-state index contributed by atoms with van der Waals surface area (Å²) >= 11 is 5.12. The molecule has 0 aromatic rings. The van der Waals surface area contributed by atoms with Crippen molar-refractivity contribution < 1.29 is 17.9 Å². The maximum atomic E-state index is 12.6. The van der Waals surface area contributed by atoms with E-state index in [2.05, 4.69) is 11.7 Å². The zero-order chi connectivity index (χ0) is 21.4. The first-order chi connectivity index (χ1) is 13.3. The van der Waals surface area contributed by atoms with E-state index in [1.807, 2.05) is 6.07 Å². The maximum Gasteiger partial charge on any atom is 0.305 e. The SMILES string of the molecule is CCCCCCCCCCCCS(=O)C(=S)S(=O)C(C)(C#N)CCC(=O)OC. The van der Waals surface area contributed by atoms with E-state index < -0.39 is 32.3 Å². The van der Waals surface area contributed by atoms with Crippen LogP contribution in [0.2, 0.25) is 0 Å². The van der Waals surface area contributed by atoms with Gasteiger partial charge in [0.15, 0.2) is 3.53 Å². The van der Waals surface area contributed by atoms with Gasteiger partial charge in [-0.1, -0.05) is 76.9 Å². The van der Waals surface area contributed by atoms with Crippen LogP contribution in [0.25, 0.3) is 0 Å². The van der Waals surface area contributed by atoms with Crippen molar-refractivity contribution in [1.82, 2.24) is 0 Å². The third kappa shape index (κ3) is 11.4. The van der Waals surface area contributed by atoms with Crippen LogP contribution in [0.4, 0.5) is 0 Å². The molecule has 0 rings (SSSR count). The quantitative estimate of drug-likeness (QED) is 0.200. The summed E-state index contributed by atoms with van der Waals surface area (Å²) in [5.74, 6) is -0.101. The lowest BCUT2D eigenvalue weighted by Crippen LogP contribution is -2.35. The fraction of sp³-hybridized carbons (Fsp3) is 0.850. The number of esters is 1. The molecular formula is C20H35NO4S3. The predicted octanol–water partition coefficient (Wildman–Crippen LogP) is 4.93. The molecule has 162 valence electrons. The van der Waals surface area contributed by atoms with Gasteiger partial charge in [0.2, 0.25) is 0 Å². The molecule has 3 unspecified atom stereocenters. The normalized spacial score (nSPS) is 15.2. The van der Waals surface area contributed by atoms with Gasteiger partial charge in [0.05, 0.1) is 34.8 Å². The second-order valence-corrected chi connectivity index (χ2v) is 11.7. The summed E-state index contributed by atoms with van der Waals surface area (Å²) in [7, 11) is -2.12. The van der Waals surface area contributed by atoms with E-state index in [0.717, 1.165) is 19.3 Å². The maximum absolute atomic E-state index is 12.6. The van der Waals surface area contributed by atoms with E-state index in [4.69, 9.17) is 12.2 Å². The molecule has 0 N–H and O–H groups in total. The lowest BCUT2D eigenvalue weighted by Gasteiger charge is -2.20. The van der Waals surface area contributed by atoms with E-state index in [1.165, 1.54) is 59.0 Å². The second kappa shape index (κ2) is 16.2. The zero-order valence-corrected chi connectivity index (χ0v) is 19.9. The van der Waals surface area contributed by atoms with Crippen molar-refractivity contribution in [2.75, 3.05) is 12.9 Å². The van der Waals surface area contributed by atoms with Gasteiger partial charge in [-0.2, -0.15) is 5.26 Å². The molecule has 8 heteroatoms. The summed E-state index contributed by atoms with van der Waals surface area (Å²) in [4.78, 5) is 11.3. The molecule has 0 amide bonds. The summed E-state index contributed by atoms with van der Waals surface area (Å²) in [6.07, 6.45) is 11.8. The number of hydrogen-bond donors (Lipinski definition) is 0. The molecule has 0 aromatic carbocycles. The van der Waals surface area contributed by atoms with Gasteiger partial charge in [-0.15, -0.1) is 0 Å². The molecule has 0 heterocycles. The number of methoxy groups -OCH3 is 1. The minimum absolute atomic E-state index is 0.0278. The van der Waals surface area contributed by atoms with Gasteiger partial charge in [0.25, 0.3) is 0 Å². The summed E-state index contributed by atoms with van der Waals surface area (Å²) in [5, 5.41) is 9.38.